The van der Waals surface area contributed by atoms with Crippen LogP contribution in [0.15, 0.2) is 36.5 Å². The minimum Gasteiger partial charge on any atom is -0.478 e. The van der Waals surface area contributed by atoms with Crippen molar-refractivity contribution in [2.24, 2.45) is 0 Å². The first-order valence-electron chi connectivity index (χ1n) is 5.94. The van der Waals surface area contributed by atoms with Gasteiger partial charge < -0.3 is 10.1 Å². The number of halogens is 1. The first kappa shape index (κ1) is 12.6. The third-order valence-corrected chi connectivity index (χ3v) is 3.13. The third kappa shape index (κ3) is 2.48. The van der Waals surface area contributed by atoms with E-state index in [9.17, 15) is 4.79 Å². The van der Waals surface area contributed by atoms with Gasteiger partial charge in [0.15, 0.2) is 5.65 Å². The number of nitrogens with one attached hydrogen (secondary N) is 1. The van der Waals surface area contributed by atoms with Crippen molar-refractivity contribution in [3.63, 3.8) is 0 Å². The highest BCUT2D eigenvalue weighted by Gasteiger charge is 2.09. The predicted octanol–water partition coefficient (Wildman–Crippen LogP) is 2.90. The van der Waals surface area contributed by atoms with Crippen LogP contribution in [0.1, 0.15) is 21.7 Å². The quantitative estimate of drug-likeness (QED) is 0.776. The molecule has 0 bridgehead atoms. The molecule has 0 spiro atoms. The Kier molecular flexibility index (Phi) is 3.12. The van der Waals surface area contributed by atoms with E-state index in [2.05, 4.69) is 15.0 Å². The summed E-state index contributed by atoms with van der Waals surface area (Å²) < 4.78 is 0. The number of rotatable bonds is 3. The third-order valence-electron chi connectivity index (χ3n) is 2.89. The molecular formula is C14H10ClN3O2. The van der Waals surface area contributed by atoms with E-state index in [-0.39, 0.29) is 5.56 Å². The number of fused-ring (bicyclic) bond motifs is 1. The monoisotopic (exact) mass is 287 g/mol. The molecular weight excluding hydrogens is 278 g/mol. The highest BCUT2D eigenvalue weighted by atomic mass is 35.5. The van der Waals surface area contributed by atoms with Crippen molar-refractivity contribution in [2.75, 3.05) is 0 Å². The number of aromatic nitrogens is 3. The summed E-state index contributed by atoms with van der Waals surface area (Å²) in [6.07, 6.45) is 1.88. The standard InChI is InChI=1S/C14H10ClN3O2/c15-10-3-1-2-8(4-10)5-12-17-11-6-9(14(19)20)7-16-13(11)18-12/h1-4,6-7H,5H2,(H,19,20)(H,16,17,18). The molecule has 0 aliphatic heterocycles. The maximum Gasteiger partial charge on any atom is 0.337 e. The number of hydrogen-bond acceptors (Lipinski definition) is 3. The number of carboxylic acids is 1. The smallest absolute Gasteiger partial charge is 0.337 e. The fraction of sp³-hybridized carbons (Fsp3) is 0.0714. The molecule has 0 fully saturated rings. The molecule has 0 aliphatic rings. The van der Waals surface area contributed by atoms with Crippen LogP contribution in [0, 0.1) is 0 Å². The van der Waals surface area contributed by atoms with Crippen LogP contribution in [-0.4, -0.2) is 26.0 Å². The van der Waals surface area contributed by atoms with E-state index in [4.69, 9.17) is 16.7 Å². The normalized spacial score (nSPS) is 10.8. The Bertz CT molecular complexity index is 798. The zero-order valence-corrected chi connectivity index (χ0v) is 11.1. The number of carbonyl (C=O) groups is 1. The van der Waals surface area contributed by atoms with E-state index in [1.807, 2.05) is 24.3 Å². The number of H-pyrrole nitrogens is 1. The molecule has 2 N–H and O–H groups in total. The molecule has 0 radical (unpaired) electrons. The second-order valence-electron chi connectivity index (χ2n) is 4.39. The van der Waals surface area contributed by atoms with Gasteiger partial charge in [-0.1, -0.05) is 23.7 Å². The van der Waals surface area contributed by atoms with Crippen LogP contribution < -0.4 is 0 Å². The van der Waals surface area contributed by atoms with Crippen molar-refractivity contribution in [2.45, 2.75) is 6.42 Å². The van der Waals surface area contributed by atoms with Crippen LogP contribution >= 0.6 is 11.6 Å². The number of aromatic carboxylic acids is 1. The number of nitrogens with zero attached hydrogens (tertiary/aromatic N) is 2. The number of aromatic amines is 1. The van der Waals surface area contributed by atoms with Crippen LogP contribution in [0.4, 0.5) is 0 Å². The number of benzene rings is 1. The molecule has 3 rings (SSSR count). The summed E-state index contributed by atoms with van der Waals surface area (Å²) in [5.41, 5.74) is 2.28. The van der Waals surface area contributed by atoms with Gasteiger partial charge >= 0.3 is 5.97 Å². The number of pyridine rings is 1. The predicted molar refractivity (Wildman–Crippen MR) is 75.1 cm³/mol. The summed E-state index contributed by atoms with van der Waals surface area (Å²) in [6, 6.07) is 9.03. The Hall–Kier alpha value is -2.40. The van der Waals surface area contributed by atoms with Crippen molar-refractivity contribution in [1.29, 1.82) is 0 Å². The SMILES string of the molecule is O=C(O)c1cnc2nc(Cc3cccc(Cl)c3)[nH]c2c1. The number of hydrogen-bond donors (Lipinski definition) is 2. The van der Waals surface area contributed by atoms with Gasteiger partial charge in [0.05, 0.1) is 11.1 Å². The Morgan fingerprint density at radius 2 is 2.20 bits per heavy atom. The van der Waals surface area contributed by atoms with Crippen molar-refractivity contribution in [3.8, 4) is 0 Å². The van der Waals surface area contributed by atoms with Crippen LogP contribution in [0.3, 0.4) is 0 Å². The first-order chi connectivity index (χ1) is 9.61. The molecule has 0 saturated heterocycles. The molecule has 0 saturated carbocycles. The van der Waals surface area contributed by atoms with E-state index in [1.165, 1.54) is 12.3 Å². The lowest BCUT2D eigenvalue weighted by molar-refractivity contribution is 0.0696. The topological polar surface area (TPSA) is 78.9 Å². The van der Waals surface area contributed by atoms with Crippen molar-refractivity contribution in [1.82, 2.24) is 15.0 Å². The number of carboxylic acid groups (broad SMARTS) is 1. The molecule has 3 aromatic rings. The Balaban J connectivity index is 1.95. The lowest BCUT2D eigenvalue weighted by Gasteiger charge is -1.98. The molecule has 2 heterocycles. The van der Waals surface area contributed by atoms with Crippen molar-refractivity contribution >= 4 is 28.7 Å². The minimum absolute atomic E-state index is 0.135. The largest absolute Gasteiger partial charge is 0.478 e. The second kappa shape index (κ2) is 4.94. The molecule has 0 amide bonds. The number of imidazole rings is 1. The van der Waals surface area contributed by atoms with E-state index in [0.717, 1.165) is 11.4 Å². The summed E-state index contributed by atoms with van der Waals surface area (Å²) in [5, 5.41) is 9.60. The Morgan fingerprint density at radius 1 is 1.35 bits per heavy atom. The summed E-state index contributed by atoms with van der Waals surface area (Å²) in [4.78, 5) is 22.3. The van der Waals surface area contributed by atoms with Gasteiger partial charge in [0, 0.05) is 17.6 Å². The van der Waals surface area contributed by atoms with Crippen molar-refractivity contribution < 1.29 is 9.90 Å². The molecule has 6 heteroatoms. The molecule has 1 aromatic carbocycles. The van der Waals surface area contributed by atoms with Gasteiger partial charge in [0.25, 0.3) is 0 Å². The highest BCUT2D eigenvalue weighted by Crippen LogP contribution is 2.16. The fourth-order valence-corrected chi connectivity index (χ4v) is 2.20. The zero-order valence-electron chi connectivity index (χ0n) is 10.3. The van der Waals surface area contributed by atoms with E-state index in [0.29, 0.717) is 22.6 Å². The molecule has 100 valence electrons. The molecule has 0 unspecified atom stereocenters. The summed E-state index contributed by atoms with van der Waals surface area (Å²) in [5.74, 6) is -0.289. The molecule has 0 atom stereocenters. The first-order valence-corrected chi connectivity index (χ1v) is 6.32. The average molecular weight is 288 g/mol. The second-order valence-corrected chi connectivity index (χ2v) is 4.83. The molecule has 20 heavy (non-hydrogen) atoms. The molecule has 2 aromatic heterocycles. The van der Waals surface area contributed by atoms with Gasteiger partial charge in [-0.2, -0.15) is 0 Å². The zero-order chi connectivity index (χ0) is 14.1. The summed E-state index contributed by atoms with van der Waals surface area (Å²) >= 11 is 5.94. The maximum atomic E-state index is 10.9. The van der Waals surface area contributed by atoms with E-state index in [1.54, 1.807) is 0 Å². The van der Waals surface area contributed by atoms with Gasteiger partial charge in [-0.3, -0.25) is 0 Å². The summed E-state index contributed by atoms with van der Waals surface area (Å²) in [7, 11) is 0. The fourth-order valence-electron chi connectivity index (χ4n) is 1.99. The maximum absolute atomic E-state index is 10.9. The van der Waals surface area contributed by atoms with E-state index < -0.39 is 5.97 Å². The van der Waals surface area contributed by atoms with Gasteiger partial charge in [0.2, 0.25) is 0 Å². The highest BCUT2D eigenvalue weighted by molar-refractivity contribution is 6.30. The van der Waals surface area contributed by atoms with Crippen molar-refractivity contribution in [3.05, 3.63) is 58.5 Å². The molecule has 0 aliphatic carbocycles. The minimum atomic E-state index is -1.01. The lowest BCUT2D eigenvalue weighted by Crippen LogP contribution is -1.96. The Morgan fingerprint density at radius 3 is 2.95 bits per heavy atom. The van der Waals surface area contributed by atoms with Crippen LogP contribution in [-0.2, 0) is 6.42 Å². The lowest BCUT2D eigenvalue weighted by atomic mass is 10.1. The van der Waals surface area contributed by atoms with Crippen LogP contribution in [0.2, 0.25) is 5.02 Å². The van der Waals surface area contributed by atoms with E-state index >= 15 is 0 Å². The average Bonchev–Trinajstić information content (AvgIpc) is 2.79. The van der Waals surface area contributed by atoms with Gasteiger partial charge in [-0.05, 0) is 23.8 Å². The Labute approximate surface area is 119 Å². The van der Waals surface area contributed by atoms with Gasteiger partial charge in [-0.15, -0.1) is 0 Å². The van der Waals surface area contributed by atoms with Gasteiger partial charge in [-0.25, -0.2) is 14.8 Å². The molecule has 5 nitrogen and oxygen atoms in total. The van der Waals surface area contributed by atoms with Crippen LogP contribution in [0.5, 0.6) is 0 Å². The summed E-state index contributed by atoms with van der Waals surface area (Å²) in [6.45, 7) is 0. The van der Waals surface area contributed by atoms with Gasteiger partial charge in [0.1, 0.15) is 5.82 Å². The van der Waals surface area contributed by atoms with Crippen LogP contribution in [0.25, 0.3) is 11.2 Å².